The molecule has 2 fully saturated rings. The molecule has 1 aliphatic carbocycles. The summed E-state index contributed by atoms with van der Waals surface area (Å²) in [6.45, 7) is 4.75. The van der Waals surface area contributed by atoms with Gasteiger partial charge in [-0.15, -0.1) is 0 Å². The van der Waals surface area contributed by atoms with Crippen LogP contribution in [0.25, 0.3) is 0 Å². The first-order valence-corrected chi connectivity index (χ1v) is 8.09. The summed E-state index contributed by atoms with van der Waals surface area (Å²) < 4.78 is 0. The molecule has 3 heteroatoms. The summed E-state index contributed by atoms with van der Waals surface area (Å²) >= 11 is 0. The molecule has 1 saturated carbocycles. The van der Waals surface area contributed by atoms with Gasteiger partial charge in [-0.05, 0) is 56.3 Å². The van der Waals surface area contributed by atoms with Crippen molar-refractivity contribution in [2.24, 2.45) is 11.8 Å². The van der Waals surface area contributed by atoms with E-state index in [1.165, 1.54) is 37.8 Å². The van der Waals surface area contributed by atoms with E-state index in [4.69, 9.17) is 0 Å². The predicted molar refractivity (Wildman–Crippen MR) is 82.5 cm³/mol. The molecule has 2 aliphatic rings. The van der Waals surface area contributed by atoms with Crippen molar-refractivity contribution in [2.75, 3.05) is 20.1 Å². The van der Waals surface area contributed by atoms with Crippen LogP contribution >= 0.6 is 0 Å². The Balaban J connectivity index is 1.63. The fourth-order valence-electron chi connectivity index (χ4n) is 4.07. The van der Waals surface area contributed by atoms with Gasteiger partial charge in [-0.2, -0.15) is 0 Å². The molecule has 1 saturated heterocycles. The molecular weight excluding hydrogens is 246 g/mol. The molecule has 20 heavy (non-hydrogen) atoms. The Morgan fingerprint density at radius 3 is 2.95 bits per heavy atom. The summed E-state index contributed by atoms with van der Waals surface area (Å²) in [5.74, 6) is 1.57. The maximum absolute atomic E-state index is 4.30. The van der Waals surface area contributed by atoms with Crippen LogP contribution in [0.3, 0.4) is 0 Å². The van der Waals surface area contributed by atoms with E-state index in [-0.39, 0.29) is 0 Å². The van der Waals surface area contributed by atoms with Crippen molar-refractivity contribution in [1.29, 1.82) is 0 Å². The Labute approximate surface area is 122 Å². The number of hydrogen-bond donors (Lipinski definition) is 1. The number of pyridine rings is 1. The lowest BCUT2D eigenvalue weighted by molar-refractivity contribution is 0.263. The summed E-state index contributed by atoms with van der Waals surface area (Å²) in [5, 5.41) is 3.85. The average molecular weight is 273 g/mol. The molecule has 0 aromatic carbocycles. The molecule has 4 atom stereocenters. The van der Waals surface area contributed by atoms with Crippen molar-refractivity contribution >= 4 is 0 Å². The Kier molecular flexibility index (Phi) is 4.37. The minimum absolute atomic E-state index is 0.535. The smallest absolute Gasteiger partial charge is 0.0401 e. The average Bonchev–Trinajstić information content (AvgIpc) is 3.03. The molecule has 1 aromatic rings. The van der Waals surface area contributed by atoms with Gasteiger partial charge in [0.1, 0.15) is 0 Å². The van der Waals surface area contributed by atoms with Gasteiger partial charge in [0.2, 0.25) is 0 Å². The fourth-order valence-corrected chi connectivity index (χ4v) is 4.07. The normalized spacial score (nSPS) is 34.7. The maximum Gasteiger partial charge on any atom is 0.0401 e. The highest BCUT2D eigenvalue weighted by molar-refractivity contribution is 5.17. The molecule has 1 aliphatic heterocycles. The first kappa shape index (κ1) is 14.0. The van der Waals surface area contributed by atoms with Crippen molar-refractivity contribution in [3.8, 4) is 0 Å². The Morgan fingerprint density at radius 1 is 1.35 bits per heavy atom. The highest BCUT2D eigenvalue weighted by atomic mass is 15.2. The molecule has 3 rings (SSSR count). The number of aromatic nitrogens is 1. The van der Waals surface area contributed by atoms with E-state index in [1.807, 2.05) is 12.4 Å². The van der Waals surface area contributed by atoms with Crippen LogP contribution in [0.1, 0.15) is 44.2 Å². The fraction of sp³-hybridized carbons (Fsp3) is 0.706. The van der Waals surface area contributed by atoms with Gasteiger partial charge in [-0.3, -0.25) is 9.88 Å². The van der Waals surface area contributed by atoms with E-state index in [1.54, 1.807) is 0 Å². The van der Waals surface area contributed by atoms with Crippen LogP contribution in [0.15, 0.2) is 24.5 Å². The lowest BCUT2D eigenvalue weighted by Gasteiger charge is -2.27. The zero-order chi connectivity index (χ0) is 13.9. The number of hydrogen-bond acceptors (Lipinski definition) is 3. The van der Waals surface area contributed by atoms with Crippen LogP contribution < -0.4 is 5.32 Å². The van der Waals surface area contributed by atoms with Crippen LogP contribution in [0.5, 0.6) is 0 Å². The second-order valence-corrected chi connectivity index (χ2v) is 6.68. The first-order valence-electron chi connectivity index (χ1n) is 8.09. The maximum atomic E-state index is 4.30. The van der Waals surface area contributed by atoms with Crippen molar-refractivity contribution in [2.45, 2.75) is 44.7 Å². The van der Waals surface area contributed by atoms with Crippen molar-refractivity contribution in [1.82, 2.24) is 15.2 Å². The van der Waals surface area contributed by atoms with E-state index in [0.717, 1.165) is 24.4 Å². The van der Waals surface area contributed by atoms with Gasteiger partial charge in [-0.1, -0.05) is 19.4 Å². The lowest BCUT2D eigenvalue weighted by Crippen LogP contribution is -2.36. The molecule has 110 valence electrons. The molecule has 0 unspecified atom stereocenters. The lowest BCUT2D eigenvalue weighted by atomic mass is 9.94. The second kappa shape index (κ2) is 6.23. The van der Waals surface area contributed by atoms with Crippen molar-refractivity contribution in [3.05, 3.63) is 30.1 Å². The molecule has 0 radical (unpaired) electrons. The Hall–Kier alpha value is -0.930. The molecule has 1 N–H and O–H groups in total. The van der Waals surface area contributed by atoms with E-state index < -0.39 is 0 Å². The summed E-state index contributed by atoms with van der Waals surface area (Å²) in [7, 11) is 2.25. The van der Waals surface area contributed by atoms with Crippen LogP contribution in [-0.2, 0) is 0 Å². The van der Waals surface area contributed by atoms with E-state index >= 15 is 0 Å². The van der Waals surface area contributed by atoms with E-state index in [0.29, 0.717) is 6.04 Å². The van der Waals surface area contributed by atoms with Gasteiger partial charge < -0.3 is 5.32 Å². The number of nitrogens with one attached hydrogen (secondary N) is 1. The van der Waals surface area contributed by atoms with Crippen LogP contribution in [-0.4, -0.2) is 36.1 Å². The van der Waals surface area contributed by atoms with Crippen molar-refractivity contribution in [3.63, 3.8) is 0 Å². The standard InChI is InChI=1S/C17H27N3/c1-13-5-3-7-16(13)19-12-15-8-10-20(2)17(15)14-6-4-9-18-11-14/h4,6,9,11,13,15-17,19H,3,5,7-8,10,12H2,1-2H3/t13-,15+,16+,17+/m1/s1. The Bertz CT molecular complexity index is 420. The SMILES string of the molecule is C[C@@H]1CCC[C@@H]1NC[C@@H]1CCN(C)[C@H]1c1cccnc1. The van der Waals surface area contributed by atoms with Gasteiger partial charge in [0.25, 0.3) is 0 Å². The van der Waals surface area contributed by atoms with Crippen LogP contribution in [0.2, 0.25) is 0 Å². The highest BCUT2D eigenvalue weighted by Gasteiger charge is 2.34. The highest BCUT2D eigenvalue weighted by Crippen LogP contribution is 2.35. The molecule has 0 amide bonds. The molecule has 0 bridgehead atoms. The zero-order valence-electron chi connectivity index (χ0n) is 12.8. The largest absolute Gasteiger partial charge is 0.313 e. The van der Waals surface area contributed by atoms with Gasteiger partial charge in [-0.25, -0.2) is 0 Å². The summed E-state index contributed by atoms with van der Waals surface area (Å²) in [6.07, 6.45) is 9.36. The third kappa shape index (κ3) is 2.89. The van der Waals surface area contributed by atoms with E-state index in [2.05, 4.69) is 41.3 Å². The molecule has 1 aromatic heterocycles. The molecule has 3 nitrogen and oxygen atoms in total. The number of likely N-dealkylation sites (tertiary alicyclic amines) is 1. The quantitative estimate of drug-likeness (QED) is 0.914. The van der Waals surface area contributed by atoms with Gasteiger partial charge in [0, 0.05) is 31.0 Å². The summed E-state index contributed by atoms with van der Waals surface area (Å²) in [4.78, 5) is 6.79. The minimum atomic E-state index is 0.535. The van der Waals surface area contributed by atoms with Crippen LogP contribution in [0, 0.1) is 11.8 Å². The van der Waals surface area contributed by atoms with Gasteiger partial charge in [0.15, 0.2) is 0 Å². The zero-order valence-corrected chi connectivity index (χ0v) is 12.8. The number of nitrogens with zero attached hydrogens (tertiary/aromatic N) is 2. The van der Waals surface area contributed by atoms with Crippen molar-refractivity contribution < 1.29 is 0 Å². The Morgan fingerprint density at radius 2 is 2.25 bits per heavy atom. The third-order valence-electron chi connectivity index (χ3n) is 5.30. The number of rotatable bonds is 4. The first-order chi connectivity index (χ1) is 9.75. The summed E-state index contributed by atoms with van der Waals surface area (Å²) in [5.41, 5.74) is 1.37. The molecule has 0 spiro atoms. The van der Waals surface area contributed by atoms with Gasteiger partial charge in [0.05, 0.1) is 0 Å². The molecule has 2 heterocycles. The predicted octanol–water partition coefficient (Wildman–Crippen LogP) is 2.85. The van der Waals surface area contributed by atoms with E-state index in [9.17, 15) is 0 Å². The monoisotopic (exact) mass is 273 g/mol. The van der Waals surface area contributed by atoms with Crippen LogP contribution in [0.4, 0.5) is 0 Å². The second-order valence-electron chi connectivity index (χ2n) is 6.68. The topological polar surface area (TPSA) is 28.2 Å². The molecular formula is C17H27N3. The third-order valence-corrected chi connectivity index (χ3v) is 5.30. The minimum Gasteiger partial charge on any atom is -0.313 e. The summed E-state index contributed by atoms with van der Waals surface area (Å²) in [6, 6.07) is 5.57. The van der Waals surface area contributed by atoms with Gasteiger partial charge >= 0.3 is 0 Å².